The summed E-state index contributed by atoms with van der Waals surface area (Å²) in [5, 5.41) is 36.9. The number of aliphatic hydroxyl groups excluding tert-OH is 2. The number of phenolic OH excluding ortho intramolecular Hbond substituents is 1. The Morgan fingerprint density at radius 2 is 2.00 bits per heavy atom. The zero-order valence-electron chi connectivity index (χ0n) is 8.79. The van der Waals surface area contributed by atoms with Gasteiger partial charge < -0.3 is 20.4 Å². The van der Waals surface area contributed by atoms with E-state index < -0.39 is 18.2 Å². The van der Waals surface area contributed by atoms with Gasteiger partial charge in [-0.15, -0.1) is 0 Å². The van der Waals surface area contributed by atoms with Crippen LogP contribution in [-0.4, -0.2) is 32.5 Å². The summed E-state index contributed by atoms with van der Waals surface area (Å²) in [6.07, 6.45) is -1.85. The lowest BCUT2D eigenvalue weighted by Gasteiger charge is -2.15. The molecule has 0 aliphatic heterocycles. The molecule has 4 N–H and O–H groups in total. The first-order valence-electron chi connectivity index (χ1n) is 4.84. The lowest BCUT2D eigenvalue weighted by molar-refractivity contribution is 0.0670. The fraction of sp³-hybridized carbons (Fsp3) is 0.364. The highest BCUT2D eigenvalue weighted by atomic mass is 16.4. The van der Waals surface area contributed by atoms with Crippen LogP contribution in [0.5, 0.6) is 5.75 Å². The first kappa shape index (κ1) is 12.5. The molecule has 2 unspecified atom stereocenters. The van der Waals surface area contributed by atoms with Crippen molar-refractivity contribution in [1.82, 2.24) is 0 Å². The third-order valence-electron chi connectivity index (χ3n) is 2.19. The molecule has 1 rings (SSSR count). The summed E-state index contributed by atoms with van der Waals surface area (Å²) in [6.45, 7) is 1.49. The number of hydrogen-bond donors (Lipinski definition) is 4. The highest BCUT2D eigenvalue weighted by Crippen LogP contribution is 2.26. The summed E-state index contributed by atoms with van der Waals surface area (Å²) < 4.78 is 0. The fourth-order valence-corrected chi connectivity index (χ4v) is 1.47. The largest absolute Gasteiger partial charge is 0.508 e. The maximum Gasteiger partial charge on any atom is 0.336 e. The first-order chi connectivity index (χ1) is 7.41. The Morgan fingerprint density at radius 3 is 2.50 bits per heavy atom. The number of aromatic hydroxyl groups is 1. The molecule has 1 aromatic carbocycles. The van der Waals surface area contributed by atoms with Gasteiger partial charge in [0.05, 0.1) is 17.8 Å². The van der Waals surface area contributed by atoms with Gasteiger partial charge in [-0.2, -0.15) is 0 Å². The van der Waals surface area contributed by atoms with Gasteiger partial charge in [0.1, 0.15) is 5.75 Å². The van der Waals surface area contributed by atoms with Crippen molar-refractivity contribution in [2.24, 2.45) is 0 Å². The Kier molecular flexibility index (Phi) is 3.87. The average molecular weight is 226 g/mol. The van der Waals surface area contributed by atoms with Crippen LogP contribution in [0.2, 0.25) is 0 Å². The number of rotatable bonds is 4. The number of carboxylic acid groups (broad SMARTS) is 1. The Bertz CT molecular complexity index is 386. The molecule has 0 spiro atoms. The Balaban J connectivity index is 3.09. The van der Waals surface area contributed by atoms with Crippen molar-refractivity contribution in [1.29, 1.82) is 0 Å². The summed E-state index contributed by atoms with van der Waals surface area (Å²) in [5.41, 5.74) is 0.0272. The molecule has 0 aromatic heterocycles. The van der Waals surface area contributed by atoms with Gasteiger partial charge in [-0.1, -0.05) is 0 Å². The number of carboxylic acids is 1. The van der Waals surface area contributed by atoms with Gasteiger partial charge in [0.2, 0.25) is 0 Å². The van der Waals surface area contributed by atoms with Gasteiger partial charge in [-0.3, -0.25) is 0 Å². The molecule has 0 aliphatic carbocycles. The summed E-state index contributed by atoms with van der Waals surface area (Å²) in [7, 11) is 0. The zero-order chi connectivity index (χ0) is 12.3. The van der Waals surface area contributed by atoms with Crippen molar-refractivity contribution < 1.29 is 25.2 Å². The maximum absolute atomic E-state index is 10.9. The normalized spacial score (nSPS) is 14.4. The van der Waals surface area contributed by atoms with Crippen LogP contribution in [0.25, 0.3) is 0 Å². The van der Waals surface area contributed by atoms with Crippen LogP contribution in [0.4, 0.5) is 0 Å². The van der Waals surface area contributed by atoms with E-state index in [4.69, 9.17) is 10.2 Å². The van der Waals surface area contributed by atoms with Gasteiger partial charge >= 0.3 is 5.97 Å². The SMILES string of the molecule is CC(O)CC(O)c1cc(O)ccc1C(=O)O. The van der Waals surface area contributed by atoms with Crippen molar-refractivity contribution in [2.75, 3.05) is 0 Å². The molecule has 16 heavy (non-hydrogen) atoms. The number of carbonyl (C=O) groups is 1. The van der Waals surface area contributed by atoms with E-state index in [0.717, 1.165) is 0 Å². The monoisotopic (exact) mass is 226 g/mol. The Morgan fingerprint density at radius 1 is 1.38 bits per heavy atom. The van der Waals surface area contributed by atoms with E-state index in [1.165, 1.54) is 25.1 Å². The van der Waals surface area contributed by atoms with E-state index in [9.17, 15) is 15.0 Å². The molecule has 0 saturated carbocycles. The predicted octanol–water partition coefficient (Wildman–Crippen LogP) is 0.895. The molecule has 0 bridgehead atoms. The second-order valence-corrected chi connectivity index (χ2v) is 3.68. The van der Waals surface area contributed by atoms with Crippen LogP contribution < -0.4 is 0 Å². The molecule has 0 fully saturated rings. The minimum atomic E-state index is -1.18. The molecule has 0 radical (unpaired) electrons. The van der Waals surface area contributed by atoms with Crippen LogP contribution in [0.3, 0.4) is 0 Å². The minimum absolute atomic E-state index is 0.0176. The number of aromatic carboxylic acids is 1. The predicted molar refractivity (Wildman–Crippen MR) is 56.3 cm³/mol. The lowest BCUT2D eigenvalue weighted by Crippen LogP contribution is -2.12. The topological polar surface area (TPSA) is 98.0 Å². The number of phenols is 1. The standard InChI is InChI=1S/C11H14O5/c1-6(12)4-10(14)9-5-7(13)2-3-8(9)11(15)16/h2-3,5-6,10,12-14H,4H2,1H3,(H,15,16). The molecule has 0 aliphatic rings. The molecule has 5 heteroatoms. The van der Waals surface area contributed by atoms with Crippen LogP contribution in [-0.2, 0) is 0 Å². The van der Waals surface area contributed by atoms with E-state index in [1.54, 1.807) is 0 Å². The Hall–Kier alpha value is -1.59. The van der Waals surface area contributed by atoms with Crippen molar-refractivity contribution >= 4 is 5.97 Å². The van der Waals surface area contributed by atoms with Gasteiger partial charge in [-0.05, 0) is 30.7 Å². The van der Waals surface area contributed by atoms with Crippen molar-refractivity contribution in [3.63, 3.8) is 0 Å². The Labute approximate surface area is 92.6 Å². The second-order valence-electron chi connectivity index (χ2n) is 3.68. The molecule has 88 valence electrons. The molecule has 5 nitrogen and oxygen atoms in total. The highest BCUT2D eigenvalue weighted by Gasteiger charge is 2.19. The smallest absolute Gasteiger partial charge is 0.336 e. The molecular formula is C11H14O5. The van der Waals surface area contributed by atoms with Gasteiger partial charge in [0.25, 0.3) is 0 Å². The molecule has 0 saturated heterocycles. The third-order valence-corrected chi connectivity index (χ3v) is 2.19. The summed E-state index contributed by atoms with van der Waals surface area (Å²) >= 11 is 0. The van der Waals surface area contributed by atoms with Gasteiger partial charge in [0.15, 0.2) is 0 Å². The van der Waals surface area contributed by atoms with Crippen molar-refractivity contribution in [3.8, 4) is 5.75 Å². The minimum Gasteiger partial charge on any atom is -0.508 e. The van der Waals surface area contributed by atoms with E-state index in [-0.39, 0.29) is 23.3 Å². The fourth-order valence-electron chi connectivity index (χ4n) is 1.47. The van der Waals surface area contributed by atoms with E-state index in [1.807, 2.05) is 0 Å². The first-order valence-corrected chi connectivity index (χ1v) is 4.84. The van der Waals surface area contributed by atoms with E-state index in [2.05, 4.69) is 0 Å². The average Bonchev–Trinajstić information content (AvgIpc) is 2.15. The second kappa shape index (κ2) is 4.96. The molecule has 0 heterocycles. The van der Waals surface area contributed by atoms with E-state index >= 15 is 0 Å². The number of benzene rings is 1. The van der Waals surface area contributed by atoms with Crippen molar-refractivity contribution in [2.45, 2.75) is 25.6 Å². The quantitative estimate of drug-likeness (QED) is 0.611. The molecule has 2 atom stereocenters. The van der Waals surface area contributed by atoms with Crippen LogP contribution in [0, 0.1) is 0 Å². The van der Waals surface area contributed by atoms with Crippen LogP contribution in [0.15, 0.2) is 18.2 Å². The van der Waals surface area contributed by atoms with Crippen LogP contribution in [0.1, 0.15) is 35.4 Å². The third kappa shape index (κ3) is 2.95. The molecular weight excluding hydrogens is 212 g/mol. The van der Waals surface area contributed by atoms with Crippen molar-refractivity contribution in [3.05, 3.63) is 29.3 Å². The molecule has 0 amide bonds. The van der Waals surface area contributed by atoms with Gasteiger partial charge in [0, 0.05) is 6.42 Å². The van der Waals surface area contributed by atoms with Gasteiger partial charge in [-0.25, -0.2) is 4.79 Å². The summed E-state index contributed by atoms with van der Waals surface area (Å²) in [6, 6.07) is 3.65. The zero-order valence-corrected chi connectivity index (χ0v) is 8.79. The molecule has 1 aromatic rings. The lowest BCUT2D eigenvalue weighted by atomic mass is 9.98. The highest BCUT2D eigenvalue weighted by molar-refractivity contribution is 5.89. The van der Waals surface area contributed by atoms with E-state index in [0.29, 0.717) is 0 Å². The summed E-state index contributed by atoms with van der Waals surface area (Å²) in [4.78, 5) is 10.9. The summed E-state index contributed by atoms with van der Waals surface area (Å²) in [5.74, 6) is -1.30. The van der Waals surface area contributed by atoms with Crippen LogP contribution >= 0.6 is 0 Å². The number of hydrogen-bond acceptors (Lipinski definition) is 4. The maximum atomic E-state index is 10.9. The number of aliphatic hydroxyl groups is 2.